The van der Waals surface area contributed by atoms with Gasteiger partial charge in [-0.3, -0.25) is 0 Å². The second kappa shape index (κ2) is 13.3. The molecule has 1 aliphatic rings. The molecule has 0 fully saturated rings. The van der Waals surface area contributed by atoms with Crippen LogP contribution in [0.3, 0.4) is 0 Å². The average Bonchev–Trinajstić information content (AvgIpc) is 3.82. The van der Waals surface area contributed by atoms with Crippen LogP contribution in [0.15, 0.2) is 206 Å². The third-order valence-corrected chi connectivity index (χ3v) is 12.7. The molecule has 9 aromatic carbocycles. The maximum Gasteiger partial charge on any atom is 0.0547 e. The zero-order valence-electron chi connectivity index (χ0n) is 32.8. The fourth-order valence-corrected chi connectivity index (χ4v) is 9.90. The van der Waals surface area contributed by atoms with E-state index in [0.717, 1.165) is 12.1 Å². The molecule has 0 spiro atoms. The Balaban J connectivity index is 1.11. The lowest BCUT2D eigenvalue weighted by molar-refractivity contribution is 0.758. The van der Waals surface area contributed by atoms with Gasteiger partial charge in [0.25, 0.3) is 0 Å². The molecule has 12 rings (SSSR count). The molecule has 0 amide bonds. The van der Waals surface area contributed by atoms with E-state index in [-0.39, 0.29) is 0 Å². The molecular weight excluding hydrogens is 713 g/mol. The van der Waals surface area contributed by atoms with Crippen LogP contribution in [-0.2, 0) is 0 Å². The Kier molecular flexibility index (Phi) is 7.61. The predicted molar refractivity (Wildman–Crippen MR) is 252 cm³/mol. The second-order valence-electron chi connectivity index (χ2n) is 16.1. The quantitative estimate of drug-likeness (QED) is 0.166. The van der Waals surface area contributed by atoms with Crippen molar-refractivity contribution in [1.29, 1.82) is 0 Å². The summed E-state index contributed by atoms with van der Waals surface area (Å²) in [7, 11) is 0. The molecule has 2 heterocycles. The minimum atomic E-state index is 0.480. The van der Waals surface area contributed by atoms with Crippen LogP contribution in [0.2, 0.25) is 0 Å². The molecule has 0 saturated carbocycles. The van der Waals surface area contributed by atoms with E-state index >= 15 is 0 Å². The Labute approximate surface area is 343 Å². The second-order valence-corrected chi connectivity index (χ2v) is 16.1. The van der Waals surface area contributed by atoms with Gasteiger partial charge < -0.3 is 9.13 Å². The molecule has 2 nitrogen and oxygen atoms in total. The largest absolute Gasteiger partial charge is 0.309 e. The fraction of sp³-hybridized carbons (Fsp3) is 0.0526. The van der Waals surface area contributed by atoms with Gasteiger partial charge in [0.2, 0.25) is 0 Å². The van der Waals surface area contributed by atoms with Crippen molar-refractivity contribution < 1.29 is 0 Å². The molecular formula is C57H40N2. The third-order valence-electron chi connectivity index (χ3n) is 12.7. The van der Waals surface area contributed by atoms with E-state index in [4.69, 9.17) is 0 Å². The number of rotatable bonds is 5. The standard InChI is InChI=1S/C57H40N2/c1-37-13-5-8-22-47(37)44-19-12-21-46(34-44)59-53-32-28-40-17-7-10-24-49(40)57(53)51-30-26-43(36-55(51)59)42-25-29-50-54(35-42)58(52-31-27-39-16-6-9-23-48(39)56(50)52)45-20-11-18-41(33-45)38-14-3-2-4-15-38/h2-12,14-37H,13H2,1H3. The van der Waals surface area contributed by atoms with Gasteiger partial charge in [0.05, 0.1) is 22.1 Å². The number of allylic oxidation sites excluding steroid dienone is 4. The lowest BCUT2D eigenvalue weighted by Crippen LogP contribution is -2.02. The summed E-state index contributed by atoms with van der Waals surface area (Å²) >= 11 is 0. The first-order valence-electron chi connectivity index (χ1n) is 20.7. The summed E-state index contributed by atoms with van der Waals surface area (Å²) in [6.45, 7) is 2.33. The highest BCUT2D eigenvalue weighted by Gasteiger charge is 2.20. The first kappa shape index (κ1) is 33.7. The summed E-state index contributed by atoms with van der Waals surface area (Å²) in [5.74, 6) is 0.480. The minimum Gasteiger partial charge on any atom is -0.309 e. The lowest BCUT2D eigenvalue weighted by Gasteiger charge is -2.19. The van der Waals surface area contributed by atoms with Crippen molar-refractivity contribution in [2.75, 3.05) is 0 Å². The first-order chi connectivity index (χ1) is 29.2. The van der Waals surface area contributed by atoms with E-state index in [9.17, 15) is 0 Å². The molecule has 2 heteroatoms. The van der Waals surface area contributed by atoms with Crippen LogP contribution >= 0.6 is 0 Å². The van der Waals surface area contributed by atoms with Crippen LogP contribution in [-0.4, -0.2) is 9.13 Å². The van der Waals surface area contributed by atoms with Crippen molar-refractivity contribution in [3.8, 4) is 33.6 Å². The van der Waals surface area contributed by atoms with Crippen molar-refractivity contribution in [2.45, 2.75) is 13.3 Å². The molecule has 11 aromatic rings. The monoisotopic (exact) mass is 752 g/mol. The SMILES string of the molecule is CC1CC=CC=C1c1cccc(-n2c3cc(-c4ccc5c6c7ccccc7ccc6n(-c6cccc(-c7ccccc7)c6)c5c4)ccc3c3c4ccccc4ccc32)c1. The zero-order chi connectivity index (χ0) is 39.0. The summed E-state index contributed by atoms with van der Waals surface area (Å²) in [5, 5.41) is 10.2. The van der Waals surface area contributed by atoms with Gasteiger partial charge in [0, 0.05) is 32.9 Å². The highest BCUT2D eigenvalue weighted by Crippen LogP contribution is 2.42. The molecule has 2 aromatic heterocycles. The maximum absolute atomic E-state index is 2.49. The van der Waals surface area contributed by atoms with Gasteiger partial charge >= 0.3 is 0 Å². The van der Waals surface area contributed by atoms with Crippen LogP contribution in [0.25, 0.3) is 104 Å². The summed E-state index contributed by atoms with van der Waals surface area (Å²) in [6, 6.07) is 69.7. The Morgan fingerprint density at radius 1 is 0.390 bits per heavy atom. The number of nitrogens with zero attached hydrogens (tertiary/aromatic N) is 2. The van der Waals surface area contributed by atoms with Gasteiger partial charge in [0.1, 0.15) is 0 Å². The summed E-state index contributed by atoms with van der Waals surface area (Å²) in [6.07, 6.45) is 7.85. The van der Waals surface area contributed by atoms with Crippen LogP contribution in [0.1, 0.15) is 18.9 Å². The van der Waals surface area contributed by atoms with Crippen molar-refractivity contribution >= 4 is 70.7 Å². The van der Waals surface area contributed by atoms with Crippen molar-refractivity contribution in [2.24, 2.45) is 5.92 Å². The number of hydrogen-bond acceptors (Lipinski definition) is 0. The lowest BCUT2D eigenvalue weighted by atomic mass is 9.88. The fourth-order valence-electron chi connectivity index (χ4n) is 9.90. The molecule has 0 radical (unpaired) electrons. The Morgan fingerprint density at radius 2 is 0.898 bits per heavy atom. The molecule has 1 aliphatic carbocycles. The smallest absolute Gasteiger partial charge is 0.0547 e. The van der Waals surface area contributed by atoms with Gasteiger partial charge in [-0.25, -0.2) is 0 Å². The highest BCUT2D eigenvalue weighted by atomic mass is 15.0. The zero-order valence-corrected chi connectivity index (χ0v) is 32.8. The number of aromatic nitrogens is 2. The van der Waals surface area contributed by atoms with Crippen LogP contribution in [0.5, 0.6) is 0 Å². The average molecular weight is 753 g/mol. The van der Waals surface area contributed by atoms with Crippen molar-refractivity contribution in [1.82, 2.24) is 9.13 Å². The number of hydrogen-bond donors (Lipinski definition) is 0. The van der Waals surface area contributed by atoms with Crippen LogP contribution in [0, 0.1) is 5.92 Å². The van der Waals surface area contributed by atoms with Gasteiger partial charge in [-0.15, -0.1) is 0 Å². The van der Waals surface area contributed by atoms with Crippen molar-refractivity contribution in [3.05, 3.63) is 212 Å². The molecule has 1 atom stereocenters. The third kappa shape index (κ3) is 5.34. The summed E-state index contributed by atoms with van der Waals surface area (Å²) in [5.41, 5.74) is 14.6. The van der Waals surface area contributed by atoms with E-state index < -0.39 is 0 Å². The van der Waals surface area contributed by atoms with Gasteiger partial charge in [0.15, 0.2) is 0 Å². The van der Waals surface area contributed by atoms with Gasteiger partial charge in [-0.2, -0.15) is 0 Å². The van der Waals surface area contributed by atoms with E-state index in [1.165, 1.54) is 104 Å². The van der Waals surface area contributed by atoms with Crippen LogP contribution in [0.4, 0.5) is 0 Å². The maximum atomic E-state index is 2.49. The Morgan fingerprint density at radius 3 is 1.49 bits per heavy atom. The predicted octanol–water partition coefficient (Wildman–Crippen LogP) is 15.5. The topological polar surface area (TPSA) is 9.86 Å². The molecule has 278 valence electrons. The summed E-state index contributed by atoms with van der Waals surface area (Å²) < 4.78 is 4.96. The summed E-state index contributed by atoms with van der Waals surface area (Å²) in [4.78, 5) is 0. The number of fused-ring (bicyclic) bond motifs is 10. The molecule has 0 bridgehead atoms. The molecule has 0 saturated heterocycles. The minimum absolute atomic E-state index is 0.480. The van der Waals surface area contributed by atoms with Gasteiger partial charge in [-0.1, -0.05) is 165 Å². The van der Waals surface area contributed by atoms with E-state index in [1.54, 1.807) is 0 Å². The highest BCUT2D eigenvalue weighted by molar-refractivity contribution is 6.23. The normalized spacial score (nSPS) is 14.3. The Hall–Kier alpha value is -7.42. The first-order valence-corrected chi connectivity index (χ1v) is 20.7. The van der Waals surface area contributed by atoms with Crippen LogP contribution < -0.4 is 0 Å². The molecule has 0 aliphatic heterocycles. The molecule has 0 N–H and O–H groups in total. The Bertz CT molecular complexity index is 3540. The van der Waals surface area contributed by atoms with E-state index in [2.05, 4.69) is 222 Å². The molecule has 1 unspecified atom stereocenters. The van der Waals surface area contributed by atoms with E-state index in [0.29, 0.717) is 5.92 Å². The molecule has 59 heavy (non-hydrogen) atoms. The van der Waals surface area contributed by atoms with Gasteiger partial charge in [-0.05, 0) is 116 Å². The van der Waals surface area contributed by atoms with Crippen molar-refractivity contribution in [3.63, 3.8) is 0 Å². The number of benzene rings is 9. The van der Waals surface area contributed by atoms with E-state index in [1.807, 2.05) is 0 Å².